The van der Waals surface area contributed by atoms with Crippen molar-refractivity contribution in [2.75, 3.05) is 18.4 Å². The molecule has 1 fully saturated rings. The molecule has 0 spiro atoms. The Kier molecular flexibility index (Phi) is 5.29. The molecule has 0 amide bonds. The number of likely N-dealkylation sites (tertiary alicyclic amines) is 1. The largest absolute Gasteiger partial charge is 0.361 e. The lowest BCUT2D eigenvalue weighted by Crippen LogP contribution is -2.19. The zero-order chi connectivity index (χ0) is 23.1. The fraction of sp³-hybridized carbons (Fsp3) is 0.214. The molecular formula is C28H25N5S. The van der Waals surface area contributed by atoms with Gasteiger partial charge >= 0.3 is 0 Å². The number of anilines is 2. The van der Waals surface area contributed by atoms with Gasteiger partial charge in [-0.05, 0) is 55.3 Å². The van der Waals surface area contributed by atoms with Crippen LogP contribution < -0.4 is 5.32 Å². The van der Waals surface area contributed by atoms with Gasteiger partial charge in [-0.1, -0.05) is 30.3 Å². The van der Waals surface area contributed by atoms with Crippen molar-refractivity contribution in [3.63, 3.8) is 0 Å². The summed E-state index contributed by atoms with van der Waals surface area (Å²) in [5.74, 6) is 0.499. The molecule has 5 nitrogen and oxygen atoms in total. The first-order valence-corrected chi connectivity index (χ1v) is 12.4. The molecule has 1 atom stereocenters. The minimum absolute atomic E-state index is 0.499. The van der Waals surface area contributed by atoms with Gasteiger partial charge in [-0.3, -0.25) is 4.90 Å². The highest BCUT2D eigenvalue weighted by atomic mass is 32.1. The van der Waals surface area contributed by atoms with Gasteiger partial charge in [0.15, 0.2) is 0 Å². The number of aromatic nitrogens is 2. The summed E-state index contributed by atoms with van der Waals surface area (Å²) >= 11 is 1.76. The van der Waals surface area contributed by atoms with Crippen molar-refractivity contribution < 1.29 is 0 Å². The number of thiophene rings is 1. The Bertz CT molecular complexity index is 1530. The summed E-state index contributed by atoms with van der Waals surface area (Å²) in [7, 11) is 0. The standard InChI is InChI=1S/C28H25N5S/c1-18-22-9-11-30-25(22)8-7-24(18)32-27-21(14-29)15-31-28-23(27)13-26(34-28)20-10-12-33(17-20)16-19-5-3-2-4-6-19/h2-9,11,13,15,20,30H,10,12,16-17H2,1H3,(H,31,32). The van der Waals surface area contributed by atoms with E-state index in [0.717, 1.165) is 58.7 Å². The maximum absolute atomic E-state index is 9.82. The van der Waals surface area contributed by atoms with E-state index in [2.05, 4.69) is 87.8 Å². The number of nitrogens with zero attached hydrogens (tertiary/aromatic N) is 3. The van der Waals surface area contributed by atoms with Gasteiger partial charge in [0.2, 0.25) is 0 Å². The molecule has 1 saturated heterocycles. The SMILES string of the molecule is Cc1c(Nc2c(C#N)cnc3sc(C4CCN(Cc5ccccc5)C4)cc23)ccc2[nH]ccc12. The van der Waals surface area contributed by atoms with Crippen molar-refractivity contribution in [3.8, 4) is 6.07 Å². The van der Waals surface area contributed by atoms with Crippen molar-refractivity contribution >= 4 is 43.8 Å². The van der Waals surface area contributed by atoms with E-state index in [1.54, 1.807) is 17.5 Å². The van der Waals surface area contributed by atoms with Crippen molar-refractivity contribution in [3.05, 3.63) is 88.6 Å². The lowest BCUT2D eigenvalue weighted by molar-refractivity contribution is 0.327. The van der Waals surface area contributed by atoms with Crippen LogP contribution >= 0.6 is 11.3 Å². The molecule has 1 aliphatic heterocycles. The average Bonchev–Trinajstić information content (AvgIpc) is 3.61. The first-order valence-electron chi connectivity index (χ1n) is 11.6. The molecule has 5 aromatic rings. The second kappa shape index (κ2) is 8.60. The number of nitriles is 1. The highest BCUT2D eigenvalue weighted by Crippen LogP contribution is 2.40. The summed E-state index contributed by atoms with van der Waals surface area (Å²) in [5.41, 5.74) is 6.08. The lowest BCUT2D eigenvalue weighted by Gasteiger charge is -2.15. The van der Waals surface area contributed by atoms with E-state index < -0.39 is 0 Å². The highest BCUT2D eigenvalue weighted by Gasteiger charge is 2.26. The Morgan fingerprint density at radius 2 is 2.06 bits per heavy atom. The summed E-state index contributed by atoms with van der Waals surface area (Å²) < 4.78 is 0. The van der Waals surface area contributed by atoms with E-state index in [4.69, 9.17) is 0 Å². The third-order valence-electron chi connectivity index (χ3n) is 6.89. The summed E-state index contributed by atoms with van der Waals surface area (Å²) in [4.78, 5) is 12.8. The quantitative estimate of drug-likeness (QED) is 0.305. The predicted molar refractivity (Wildman–Crippen MR) is 140 cm³/mol. The normalized spacial score (nSPS) is 16.3. The summed E-state index contributed by atoms with van der Waals surface area (Å²) in [6, 6.07) is 21.5. The van der Waals surface area contributed by atoms with E-state index in [0.29, 0.717) is 11.5 Å². The molecule has 0 aliphatic carbocycles. The third kappa shape index (κ3) is 3.73. The zero-order valence-corrected chi connectivity index (χ0v) is 19.8. The van der Waals surface area contributed by atoms with Gasteiger partial charge < -0.3 is 10.3 Å². The number of fused-ring (bicyclic) bond motifs is 2. The zero-order valence-electron chi connectivity index (χ0n) is 19.0. The summed E-state index contributed by atoms with van der Waals surface area (Å²) in [5, 5.41) is 15.6. The molecule has 0 bridgehead atoms. The highest BCUT2D eigenvalue weighted by molar-refractivity contribution is 7.18. The number of hydrogen-bond donors (Lipinski definition) is 2. The van der Waals surface area contributed by atoms with Crippen LogP contribution in [0, 0.1) is 18.3 Å². The van der Waals surface area contributed by atoms with Crippen LogP contribution in [0.5, 0.6) is 0 Å². The molecular weight excluding hydrogens is 438 g/mol. The van der Waals surface area contributed by atoms with Crippen LogP contribution in [0.2, 0.25) is 0 Å². The maximum Gasteiger partial charge on any atom is 0.125 e. The Morgan fingerprint density at radius 3 is 2.91 bits per heavy atom. The molecule has 168 valence electrons. The second-order valence-electron chi connectivity index (χ2n) is 9.03. The first-order chi connectivity index (χ1) is 16.7. The van der Waals surface area contributed by atoms with Crippen molar-refractivity contribution in [1.82, 2.24) is 14.9 Å². The molecule has 0 radical (unpaired) electrons. The Morgan fingerprint density at radius 1 is 1.18 bits per heavy atom. The molecule has 6 heteroatoms. The van der Waals surface area contributed by atoms with Gasteiger partial charge in [0.05, 0.1) is 11.3 Å². The Balaban J connectivity index is 1.31. The predicted octanol–water partition coefficient (Wildman–Crippen LogP) is 6.69. The van der Waals surface area contributed by atoms with Crippen LogP contribution in [0.25, 0.3) is 21.1 Å². The van der Waals surface area contributed by atoms with Gasteiger partial charge in [-0.2, -0.15) is 5.26 Å². The topological polar surface area (TPSA) is 67.7 Å². The van der Waals surface area contributed by atoms with Gasteiger partial charge in [0, 0.05) is 58.3 Å². The molecule has 1 aliphatic rings. The number of hydrogen-bond acceptors (Lipinski definition) is 5. The van der Waals surface area contributed by atoms with Gasteiger partial charge in [-0.15, -0.1) is 11.3 Å². The van der Waals surface area contributed by atoms with Crippen LogP contribution in [0.15, 0.2) is 67.0 Å². The minimum Gasteiger partial charge on any atom is -0.361 e. The molecule has 2 N–H and O–H groups in total. The Hall–Kier alpha value is -3.66. The van der Waals surface area contributed by atoms with Gasteiger partial charge in [-0.25, -0.2) is 4.98 Å². The van der Waals surface area contributed by atoms with Crippen molar-refractivity contribution in [2.45, 2.75) is 25.8 Å². The fourth-order valence-electron chi connectivity index (χ4n) is 5.03. The minimum atomic E-state index is 0.499. The second-order valence-corrected chi connectivity index (χ2v) is 10.1. The molecule has 4 heterocycles. The van der Waals surface area contributed by atoms with Crippen LogP contribution in [0.1, 0.15) is 33.9 Å². The van der Waals surface area contributed by atoms with Crippen LogP contribution in [-0.2, 0) is 6.54 Å². The smallest absolute Gasteiger partial charge is 0.125 e. The molecule has 2 aromatic carbocycles. The van der Waals surface area contributed by atoms with Gasteiger partial charge in [0.1, 0.15) is 10.9 Å². The van der Waals surface area contributed by atoms with E-state index in [-0.39, 0.29) is 0 Å². The molecule has 34 heavy (non-hydrogen) atoms. The van der Waals surface area contributed by atoms with Crippen molar-refractivity contribution in [1.29, 1.82) is 5.26 Å². The number of rotatable bonds is 5. The number of pyridine rings is 1. The number of benzene rings is 2. The molecule has 0 saturated carbocycles. The number of aryl methyl sites for hydroxylation is 1. The summed E-state index contributed by atoms with van der Waals surface area (Å²) in [6.45, 7) is 5.26. The lowest BCUT2D eigenvalue weighted by atomic mass is 10.1. The van der Waals surface area contributed by atoms with Gasteiger partial charge in [0.25, 0.3) is 0 Å². The van der Waals surface area contributed by atoms with E-state index in [1.807, 2.05) is 6.20 Å². The average molecular weight is 464 g/mol. The van der Waals surface area contributed by atoms with E-state index in [1.165, 1.54) is 15.8 Å². The molecule has 6 rings (SSSR count). The first kappa shape index (κ1) is 20.9. The number of H-pyrrole nitrogens is 1. The van der Waals surface area contributed by atoms with Crippen LogP contribution in [0.4, 0.5) is 11.4 Å². The number of aromatic amines is 1. The maximum atomic E-state index is 9.82. The summed E-state index contributed by atoms with van der Waals surface area (Å²) in [6.07, 6.45) is 4.81. The van der Waals surface area contributed by atoms with Crippen LogP contribution in [0.3, 0.4) is 0 Å². The van der Waals surface area contributed by atoms with E-state index in [9.17, 15) is 5.26 Å². The fourth-order valence-corrected chi connectivity index (χ4v) is 6.17. The third-order valence-corrected chi connectivity index (χ3v) is 8.09. The van der Waals surface area contributed by atoms with Crippen molar-refractivity contribution in [2.24, 2.45) is 0 Å². The monoisotopic (exact) mass is 463 g/mol. The van der Waals surface area contributed by atoms with Crippen LogP contribution in [-0.4, -0.2) is 28.0 Å². The van der Waals surface area contributed by atoms with E-state index >= 15 is 0 Å². The Labute approximate surface area is 202 Å². The molecule has 3 aromatic heterocycles. The number of nitrogens with one attached hydrogen (secondary N) is 2. The molecule has 1 unspecified atom stereocenters.